The van der Waals surface area contributed by atoms with E-state index in [4.69, 9.17) is 0 Å². The van der Waals surface area contributed by atoms with Crippen LogP contribution in [-0.2, 0) is 4.79 Å². The Morgan fingerprint density at radius 3 is 2.80 bits per heavy atom. The molecule has 0 spiro atoms. The second kappa shape index (κ2) is 2.70. The number of ketones is 1. The van der Waals surface area contributed by atoms with Crippen LogP contribution in [0, 0.1) is 17.8 Å². The molecule has 0 radical (unpaired) electrons. The van der Waals surface area contributed by atoms with E-state index in [9.17, 15) is 4.79 Å². The van der Waals surface area contributed by atoms with Crippen molar-refractivity contribution in [3.63, 3.8) is 0 Å². The highest BCUT2D eigenvalue weighted by atomic mass is 16.1. The minimum atomic E-state index is 0.150. The fraction of sp³-hybridized carbons (Fsp3) is 0.444. The lowest BCUT2D eigenvalue weighted by atomic mass is 10.1. The van der Waals surface area contributed by atoms with Crippen LogP contribution in [0.1, 0.15) is 19.8 Å². The Hall–Kier alpha value is -1.03. The average molecular weight is 134 g/mol. The number of hydrogen-bond acceptors (Lipinski definition) is 1. The standard InChI is InChI=1S/C9H10O/c1-3-4-8-5-6-9(10)7(8)2/h8H,2,5-6H2,1H3. The van der Waals surface area contributed by atoms with Crippen LogP contribution in [0.4, 0.5) is 0 Å². The Bertz CT molecular complexity index is 227. The molecule has 1 saturated carbocycles. The molecule has 1 nitrogen and oxygen atoms in total. The number of hydrogen-bond donors (Lipinski definition) is 0. The molecular weight excluding hydrogens is 124 g/mol. The summed E-state index contributed by atoms with van der Waals surface area (Å²) in [4.78, 5) is 10.9. The number of allylic oxidation sites excluding steroid dienone is 1. The first-order valence-electron chi connectivity index (χ1n) is 3.40. The van der Waals surface area contributed by atoms with Gasteiger partial charge in [0.2, 0.25) is 0 Å². The van der Waals surface area contributed by atoms with Crippen LogP contribution in [0.3, 0.4) is 0 Å². The molecule has 10 heavy (non-hydrogen) atoms. The number of rotatable bonds is 0. The molecule has 0 amide bonds. The maximum atomic E-state index is 10.9. The summed E-state index contributed by atoms with van der Waals surface area (Å²) >= 11 is 0. The molecule has 0 heterocycles. The summed E-state index contributed by atoms with van der Waals surface area (Å²) in [7, 11) is 0. The third-order valence-corrected chi connectivity index (χ3v) is 1.76. The zero-order chi connectivity index (χ0) is 7.56. The second-order valence-corrected chi connectivity index (χ2v) is 2.43. The van der Waals surface area contributed by atoms with Crippen LogP contribution in [0.2, 0.25) is 0 Å². The molecule has 0 aromatic rings. The molecule has 0 aromatic heterocycles. The largest absolute Gasteiger partial charge is 0.295 e. The third-order valence-electron chi connectivity index (χ3n) is 1.76. The molecule has 0 N–H and O–H groups in total. The molecule has 1 atom stereocenters. The highest BCUT2D eigenvalue weighted by Gasteiger charge is 2.24. The van der Waals surface area contributed by atoms with Crippen LogP contribution in [0.5, 0.6) is 0 Å². The molecular formula is C9H10O. The number of Topliss-reactive ketones (excluding diaryl/α,β-unsaturated/α-hetero) is 1. The first kappa shape index (κ1) is 7.08. The molecule has 1 rings (SSSR count). The van der Waals surface area contributed by atoms with E-state index in [-0.39, 0.29) is 11.7 Å². The van der Waals surface area contributed by atoms with E-state index in [0.29, 0.717) is 12.0 Å². The highest BCUT2D eigenvalue weighted by Crippen LogP contribution is 2.25. The smallest absolute Gasteiger partial charge is 0.159 e. The molecule has 0 aliphatic heterocycles. The van der Waals surface area contributed by atoms with Crippen molar-refractivity contribution in [3.05, 3.63) is 12.2 Å². The van der Waals surface area contributed by atoms with E-state index < -0.39 is 0 Å². The fourth-order valence-electron chi connectivity index (χ4n) is 1.14. The van der Waals surface area contributed by atoms with Gasteiger partial charge < -0.3 is 0 Å². The summed E-state index contributed by atoms with van der Waals surface area (Å²) in [5.74, 6) is 6.09. The van der Waals surface area contributed by atoms with Gasteiger partial charge in [0.1, 0.15) is 0 Å². The zero-order valence-corrected chi connectivity index (χ0v) is 6.11. The SMILES string of the molecule is C=C1C(=O)CCC1C#CC. The van der Waals surface area contributed by atoms with Crippen LogP contribution in [-0.4, -0.2) is 5.78 Å². The van der Waals surface area contributed by atoms with Crippen molar-refractivity contribution in [1.29, 1.82) is 0 Å². The van der Waals surface area contributed by atoms with Gasteiger partial charge in [-0.3, -0.25) is 4.79 Å². The first-order valence-corrected chi connectivity index (χ1v) is 3.40. The predicted molar refractivity (Wildman–Crippen MR) is 40.3 cm³/mol. The van der Waals surface area contributed by atoms with Gasteiger partial charge in [-0.2, -0.15) is 0 Å². The van der Waals surface area contributed by atoms with Gasteiger partial charge in [-0.1, -0.05) is 12.5 Å². The molecule has 0 aromatic carbocycles. The number of carbonyl (C=O) groups is 1. The number of carbonyl (C=O) groups excluding carboxylic acids is 1. The van der Waals surface area contributed by atoms with Gasteiger partial charge in [-0.25, -0.2) is 0 Å². The monoisotopic (exact) mass is 134 g/mol. The average Bonchev–Trinajstić information content (AvgIpc) is 2.20. The van der Waals surface area contributed by atoms with E-state index in [1.807, 2.05) is 0 Å². The summed E-state index contributed by atoms with van der Waals surface area (Å²) in [5, 5.41) is 0. The Kier molecular flexibility index (Phi) is 1.91. The fourth-order valence-corrected chi connectivity index (χ4v) is 1.14. The van der Waals surface area contributed by atoms with Gasteiger partial charge >= 0.3 is 0 Å². The van der Waals surface area contributed by atoms with Crippen molar-refractivity contribution in [2.45, 2.75) is 19.8 Å². The highest BCUT2D eigenvalue weighted by molar-refractivity contribution is 5.98. The lowest BCUT2D eigenvalue weighted by molar-refractivity contribution is -0.114. The van der Waals surface area contributed by atoms with Crippen LogP contribution < -0.4 is 0 Å². The molecule has 1 aliphatic rings. The normalized spacial score (nSPS) is 24.3. The molecule has 1 aliphatic carbocycles. The van der Waals surface area contributed by atoms with Gasteiger partial charge in [0.05, 0.1) is 0 Å². The van der Waals surface area contributed by atoms with E-state index >= 15 is 0 Å². The summed E-state index contributed by atoms with van der Waals surface area (Å²) in [5.41, 5.74) is 0.703. The molecule has 0 saturated heterocycles. The van der Waals surface area contributed by atoms with E-state index in [1.54, 1.807) is 6.92 Å². The molecule has 0 bridgehead atoms. The first-order chi connectivity index (χ1) is 4.75. The summed E-state index contributed by atoms with van der Waals surface area (Å²) in [6.45, 7) is 5.47. The molecule has 52 valence electrons. The molecule has 1 fully saturated rings. The minimum Gasteiger partial charge on any atom is -0.295 e. The molecule has 1 heteroatoms. The topological polar surface area (TPSA) is 17.1 Å². The molecule has 1 unspecified atom stereocenters. The van der Waals surface area contributed by atoms with Crippen molar-refractivity contribution in [2.75, 3.05) is 0 Å². The summed E-state index contributed by atoms with van der Waals surface area (Å²) < 4.78 is 0. The van der Waals surface area contributed by atoms with Crippen molar-refractivity contribution in [1.82, 2.24) is 0 Å². The van der Waals surface area contributed by atoms with Gasteiger partial charge in [0, 0.05) is 17.9 Å². The van der Waals surface area contributed by atoms with Crippen molar-refractivity contribution in [2.24, 2.45) is 5.92 Å². The Morgan fingerprint density at radius 2 is 2.40 bits per heavy atom. The van der Waals surface area contributed by atoms with Crippen molar-refractivity contribution >= 4 is 5.78 Å². The second-order valence-electron chi connectivity index (χ2n) is 2.43. The predicted octanol–water partition coefficient (Wildman–Crippen LogP) is 1.54. The minimum absolute atomic E-state index is 0.150. The Labute approximate surface area is 61.1 Å². The van der Waals surface area contributed by atoms with Gasteiger partial charge in [0.15, 0.2) is 5.78 Å². The quantitative estimate of drug-likeness (QED) is 0.363. The summed E-state index contributed by atoms with van der Waals surface area (Å²) in [6.07, 6.45) is 1.51. The van der Waals surface area contributed by atoms with E-state index in [0.717, 1.165) is 6.42 Å². The van der Waals surface area contributed by atoms with Crippen molar-refractivity contribution < 1.29 is 4.79 Å². The summed E-state index contributed by atoms with van der Waals surface area (Å²) in [6, 6.07) is 0. The van der Waals surface area contributed by atoms with Gasteiger partial charge in [0.25, 0.3) is 0 Å². The maximum absolute atomic E-state index is 10.9. The Balaban J connectivity index is 2.72. The Morgan fingerprint density at radius 1 is 1.70 bits per heavy atom. The van der Waals surface area contributed by atoms with Crippen LogP contribution in [0.25, 0.3) is 0 Å². The van der Waals surface area contributed by atoms with Crippen LogP contribution >= 0.6 is 0 Å². The zero-order valence-electron chi connectivity index (χ0n) is 6.11. The lowest BCUT2D eigenvalue weighted by Gasteiger charge is -1.96. The van der Waals surface area contributed by atoms with Gasteiger partial charge in [-0.15, -0.1) is 5.92 Å². The lowest BCUT2D eigenvalue weighted by Crippen LogP contribution is -1.96. The van der Waals surface area contributed by atoms with E-state index in [2.05, 4.69) is 18.4 Å². The van der Waals surface area contributed by atoms with Gasteiger partial charge in [-0.05, 0) is 13.3 Å². The van der Waals surface area contributed by atoms with Crippen LogP contribution in [0.15, 0.2) is 12.2 Å². The maximum Gasteiger partial charge on any atom is 0.159 e. The third kappa shape index (κ3) is 1.11. The van der Waals surface area contributed by atoms with Crippen molar-refractivity contribution in [3.8, 4) is 11.8 Å². The van der Waals surface area contributed by atoms with E-state index in [1.165, 1.54) is 0 Å².